The first-order valence-electron chi connectivity index (χ1n) is 8.08. The lowest BCUT2D eigenvalue weighted by atomic mass is 10.0. The van der Waals surface area contributed by atoms with E-state index in [9.17, 15) is 15.0 Å². The number of isothiocyanates is 1. The van der Waals surface area contributed by atoms with Crippen LogP contribution in [-0.4, -0.2) is 34.1 Å². The smallest absolute Gasteiger partial charge is 0.407 e. The molecular formula is C19H20N2O4S. The van der Waals surface area contributed by atoms with Gasteiger partial charge in [0.05, 0.1) is 17.0 Å². The average molecular weight is 372 g/mol. The molecule has 2 aromatic carbocycles. The number of aliphatic imine (C=N–C) groups is 1. The predicted octanol–water partition coefficient (Wildman–Crippen LogP) is 3.13. The molecule has 0 saturated heterocycles. The molecule has 7 heteroatoms. The molecule has 1 amide bonds. The molecule has 0 heterocycles. The van der Waals surface area contributed by atoms with Crippen molar-refractivity contribution in [1.82, 2.24) is 5.32 Å². The highest BCUT2D eigenvalue weighted by Gasteiger charge is 2.18. The number of thiocarbonyl (C=S) groups is 1. The number of hydrogen-bond acceptors (Lipinski definition) is 6. The van der Waals surface area contributed by atoms with Gasteiger partial charge in [-0.25, -0.2) is 4.79 Å². The van der Waals surface area contributed by atoms with Crippen LogP contribution in [0.3, 0.4) is 0 Å². The number of rotatable bonds is 8. The van der Waals surface area contributed by atoms with Crippen molar-refractivity contribution in [2.45, 2.75) is 25.2 Å². The zero-order chi connectivity index (χ0) is 18.8. The van der Waals surface area contributed by atoms with Gasteiger partial charge in [-0.15, -0.1) is 0 Å². The molecule has 0 aliphatic heterocycles. The number of alkyl carbamates (subject to hydrolysis) is 1. The van der Waals surface area contributed by atoms with Crippen LogP contribution in [0.1, 0.15) is 23.7 Å². The van der Waals surface area contributed by atoms with E-state index in [4.69, 9.17) is 4.74 Å². The molecule has 0 bridgehead atoms. The molecular weight excluding hydrogens is 352 g/mol. The van der Waals surface area contributed by atoms with Crippen LogP contribution >= 0.6 is 12.2 Å². The van der Waals surface area contributed by atoms with E-state index in [1.165, 1.54) is 0 Å². The summed E-state index contributed by atoms with van der Waals surface area (Å²) in [7, 11) is 0. The molecule has 0 saturated carbocycles. The van der Waals surface area contributed by atoms with E-state index in [-0.39, 0.29) is 19.6 Å². The van der Waals surface area contributed by atoms with Crippen molar-refractivity contribution < 1.29 is 19.7 Å². The molecule has 0 fully saturated rings. The van der Waals surface area contributed by atoms with Crippen LogP contribution < -0.4 is 5.32 Å². The van der Waals surface area contributed by atoms with E-state index in [0.717, 1.165) is 5.56 Å². The zero-order valence-electron chi connectivity index (χ0n) is 14.0. The SMILES string of the molecule is O=C(NCCC(O)C(O)c1cccc(N=C=S)c1)OCc1ccccc1. The average Bonchev–Trinajstić information content (AvgIpc) is 2.67. The molecule has 136 valence electrons. The van der Waals surface area contributed by atoms with E-state index in [2.05, 4.69) is 27.7 Å². The second kappa shape index (κ2) is 10.4. The Bertz CT molecular complexity index is 763. The fourth-order valence-electron chi connectivity index (χ4n) is 2.31. The third kappa shape index (κ3) is 6.38. The molecule has 2 atom stereocenters. The Hall–Kier alpha value is -2.57. The van der Waals surface area contributed by atoms with Crippen LogP contribution in [0.15, 0.2) is 59.6 Å². The van der Waals surface area contributed by atoms with E-state index < -0.39 is 18.3 Å². The number of carbonyl (C=O) groups is 1. The lowest BCUT2D eigenvalue weighted by molar-refractivity contribution is 0.0136. The van der Waals surface area contributed by atoms with Crippen LogP contribution in [0, 0.1) is 0 Å². The van der Waals surface area contributed by atoms with Gasteiger partial charge in [0.2, 0.25) is 0 Å². The molecule has 2 unspecified atom stereocenters. The summed E-state index contributed by atoms with van der Waals surface area (Å²) in [6, 6.07) is 16.0. The van der Waals surface area contributed by atoms with Crippen LogP contribution in [-0.2, 0) is 11.3 Å². The first-order chi connectivity index (χ1) is 12.6. The molecule has 6 nitrogen and oxygen atoms in total. The third-order valence-corrected chi connectivity index (χ3v) is 3.76. The highest BCUT2D eigenvalue weighted by atomic mass is 32.1. The first kappa shape index (κ1) is 19.8. The standard InChI is InChI=1S/C19H20N2O4S/c22-17(18(23)15-7-4-8-16(11-15)21-13-26)9-10-20-19(24)25-12-14-5-2-1-3-6-14/h1-8,11,17-18,22-23H,9-10,12H2,(H,20,24). The van der Waals surface area contributed by atoms with Crippen LogP contribution in [0.2, 0.25) is 0 Å². The number of nitrogens with zero attached hydrogens (tertiary/aromatic N) is 1. The number of aliphatic hydroxyl groups is 2. The maximum Gasteiger partial charge on any atom is 0.407 e. The lowest BCUT2D eigenvalue weighted by Gasteiger charge is -2.18. The number of hydrogen-bond donors (Lipinski definition) is 3. The summed E-state index contributed by atoms with van der Waals surface area (Å²) < 4.78 is 5.07. The summed E-state index contributed by atoms with van der Waals surface area (Å²) in [6.45, 7) is 0.342. The van der Waals surface area contributed by atoms with Crippen molar-refractivity contribution in [3.8, 4) is 0 Å². The largest absolute Gasteiger partial charge is 0.445 e. The Balaban J connectivity index is 1.75. The topological polar surface area (TPSA) is 91.2 Å². The van der Waals surface area contributed by atoms with Gasteiger partial charge in [0.25, 0.3) is 0 Å². The minimum atomic E-state index is -1.10. The summed E-state index contributed by atoms with van der Waals surface area (Å²) in [5.41, 5.74) is 1.94. The summed E-state index contributed by atoms with van der Waals surface area (Å²) >= 11 is 4.55. The van der Waals surface area contributed by atoms with Gasteiger partial charge in [0.1, 0.15) is 12.7 Å². The molecule has 0 radical (unpaired) electrons. The Kier molecular flexibility index (Phi) is 7.92. The summed E-state index contributed by atoms with van der Waals surface area (Å²) in [6.07, 6.45) is -2.55. The number of carbonyl (C=O) groups excluding carboxylic acids is 1. The molecule has 0 aliphatic carbocycles. The van der Waals surface area contributed by atoms with Gasteiger partial charge in [0.15, 0.2) is 0 Å². The van der Waals surface area contributed by atoms with Crippen LogP contribution in [0.4, 0.5) is 10.5 Å². The number of benzene rings is 2. The van der Waals surface area contributed by atoms with Gasteiger partial charge < -0.3 is 20.3 Å². The van der Waals surface area contributed by atoms with Crippen molar-refractivity contribution in [2.24, 2.45) is 4.99 Å². The lowest BCUT2D eigenvalue weighted by Crippen LogP contribution is -2.29. The molecule has 2 aromatic rings. The van der Waals surface area contributed by atoms with E-state index in [0.29, 0.717) is 11.3 Å². The minimum Gasteiger partial charge on any atom is -0.445 e. The van der Waals surface area contributed by atoms with Crippen molar-refractivity contribution in [2.75, 3.05) is 6.54 Å². The number of aliphatic hydroxyl groups excluding tert-OH is 2. The van der Waals surface area contributed by atoms with E-state index >= 15 is 0 Å². The Morgan fingerprint density at radius 2 is 1.96 bits per heavy atom. The van der Waals surface area contributed by atoms with Crippen molar-refractivity contribution in [3.05, 3.63) is 65.7 Å². The summed E-state index contributed by atoms with van der Waals surface area (Å²) in [4.78, 5) is 15.5. The van der Waals surface area contributed by atoms with Crippen LogP contribution in [0.25, 0.3) is 0 Å². The van der Waals surface area contributed by atoms with E-state index in [1.54, 1.807) is 24.3 Å². The van der Waals surface area contributed by atoms with Crippen molar-refractivity contribution in [1.29, 1.82) is 0 Å². The Morgan fingerprint density at radius 3 is 2.69 bits per heavy atom. The number of nitrogens with one attached hydrogen (secondary N) is 1. The fraction of sp³-hybridized carbons (Fsp3) is 0.263. The summed E-state index contributed by atoms with van der Waals surface area (Å²) in [5.74, 6) is 0. The van der Waals surface area contributed by atoms with Crippen LogP contribution in [0.5, 0.6) is 0 Å². The molecule has 26 heavy (non-hydrogen) atoms. The predicted molar refractivity (Wildman–Crippen MR) is 101 cm³/mol. The molecule has 2 rings (SSSR count). The van der Waals surface area contributed by atoms with Gasteiger partial charge in [0, 0.05) is 6.54 Å². The van der Waals surface area contributed by atoms with Crippen molar-refractivity contribution in [3.63, 3.8) is 0 Å². The zero-order valence-corrected chi connectivity index (χ0v) is 14.9. The Morgan fingerprint density at radius 1 is 1.19 bits per heavy atom. The molecule has 0 aromatic heterocycles. The highest BCUT2D eigenvalue weighted by Crippen LogP contribution is 2.23. The number of amides is 1. The molecule has 0 aliphatic rings. The number of ether oxygens (including phenoxy) is 1. The first-order valence-corrected chi connectivity index (χ1v) is 8.49. The Labute approximate surface area is 157 Å². The highest BCUT2D eigenvalue weighted by molar-refractivity contribution is 7.78. The van der Waals surface area contributed by atoms with Gasteiger partial charge in [-0.05, 0) is 41.9 Å². The van der Waals surface area contributed by atoms with Gasteiger partial charge >= 0.3 is 6.09 Å². The van der Waals surface area contributed by atoms with Gasteiger partial charge in [-0.1, -0.05) is 42.5 Å². The quantitative estimate of drug-likeness (QED) is 0.489. The van der Waals surface area contributed by atoms with Crippen molar-refractivity contribution >= 4 is 29.2 Å². The fourth-order valence-corrected chi connectivity index (χ4v) is 2.41. The minimum absolute atomic E-state index is 0.169. The molecule has 0 spiro atoms. The van der Waals surface area contributed by atoms with Gasteiger partial charge in [-0.3, -0.25) is 0 Å². The normalized spacial score (nSPS) is 12.5. The monoisotopic (exact) mass is 372 g/mol. The van der Waals surface area contributed by atoms with E-state index in [1.807, 2.05) is 30.3 Å². The molecule has 3 N–H and O–H groups in total. The third-order valence-electron chi connectivity index (χ3n) is 3.67. The second-order valence-electron chi connectivity index (χ2n) is 5.59. The second-order valence-corrected chi connectivity index (χ2v) is 5.77. The van der Waals surface area contributed by atoms with Gasteiger partial charge in [-0.2, -0.15) is 4.99 Å². The summed E-state index contributed by atoms with van der Waals surface area (Å²) in [5, 5.41) is 25.1. The maximum absolute atomic E-state index is 11.6. The maximum atomic E-state index is 11.6.